The Morgan fingerprint density at radius 3 is 0.607 bits per heavy atom. The zero-order valence-electron chi connectivity index (χ0n) is 30.1. The minimum atomic E-state index is -1.55. The Morgan fingerprint density at radius 1 is 0.295 bits per heavy atom. The Hall–Kier alpha value is 20.1. The molecule has 0 fully saturated rings. The Labute approximate surface area is 573 Å². The average Bonchev–Trinajstić information content (AvgIpc) is 3.24. The van der Waals surface area contributed by atoms with E-state index in [0.717, 1.165) is 0 Å². The summed E-state index contributed by atoms with van der Waals surface area (Å²) in [5.41, 5.74) is 0. The summed E-state index contributed by atoms with van der Waals surface area (Å²) < 4.78 is 65.3. The molecule has 282 valence electrons. The van der Waals surface area contributed by atoms with Crippen molar-refractivity contribution in [1.29, 1.82) is 0 Å². The van der Waals surface area contributed by atoms with Crippen LogP contribution in [0.25, 0.3) is 0 Å². The van der Waals surface area contributed by atoms with Crippen molar-refractivity contribution in [1.82, 2.24) is 0 Å². The molecule has 59 heteroatoms. The van der Waals surface area contributed by atoms with Crippen molar-refractivity contribution in [3.05, 3.63) is 0 Å². The van der Waals surface area contributed by atoms with Crippen molar-refractivity contribution in [2.24, 2.45) is 0 Å². The van der Waals surface area contributed by atoms with Crippen molar-refractivity contribution >= 4 is 427 Å². The van der Waals surface area contributed by atoms with Gasteiger partial charge in [0.1, 0.15) is 0 Å². The van der Waals surface area contributed by atoms with Gasteiger partial charge in [0.25, 0.3) is 0 Å². The maximum absolute atomic E-state index is 8.17. The van der Waals surface area contributed by atoms with Crippen LogP contribution < -0.4 is 0 Å². The first-order valence-electron chi connectivity index (χ1n) is 11.7. The fraction of sp³-hybridized carbons (Fsp3) is 1.00. The minimum absolute atomic E-state index is 0. The molecule has 0 heterocycles. The van der Waals surface area contributed by atoms with Crippen LogP contribution in [-0.4, -0.2) is 438 Å². The fourth-order valence-corrected chi connectivity index (χ4v) is 1690. The molecule has 0 aromatic heterocycles. The topological polar surface area (TPSA) is 381 Å². The second-order valence-electron chi connectivity index (χ2n) is 5.33. The molecule has 0 amide bonds. The molecule has 0 aliphatic heterocycles. The standard InChI is InChI=1S/2CH4.14Al.12Ca.2H2O13.7O/c;;;;;;;;;;;;;;;;;;;;;;;;;;;;2*1-3-5-7-9-11-13-12-10-8-6-4-2;;;;;;;/h2*1H4;;;;;;;;;;;;;;;;;;;;;;;;;;;2*1-2H;;;;;;;/q;;;;;;;;;;;;;;;+2;;;;;;;;;;;;;;;;;;;;;/p-2. The molecule has 61 heavy (non-hydrogen) atoms. The van der Waals surface area contributed by atoms with Gasteiger partial charge in [0, 0.05) is 104 Å². The van der Waals surface area contributed by atoms with E-state index < -0.39 is 15.9 Å². The van der Waals surface area contributed by atoms with Crippen LogP contribution in [0.5, 0.6) is 0 Å². The summed E-state index contributed by atoms with van der Waals surface area (Å²) in [6.45, 7) is 0. The second kappa shape index (κ2) is 165. The molecule has 0 bridgehead atoms. The Kier molecular flexibility index (Phi) is 343. The van der Waals surface area contributed by atoms with Crippen molar-refractivity contribution in [2.75, 3.05) is 0 Å². The number of hydrogen-bond donors (Lipinski definition) is 2. The van der Waals surface area contributed by atoms with Gasteiger partial charge in [-0.25, -0.2) is 10.5 Å². The summed E-state index contributed by atoms with van der Waals surface area (Å²) in [5.74, 6) is 0. The molecule has 0 aromatic rings. The van der Waals surface area contributed by atoms with Crippen molar-refractivity contribution < 1.29 is 156 Å². The van der Waals surface area contributed by atoms with Crippen molar-refractivity contribution in [3.8, 4) is 0 Å². The molecular weight excluding hydrogens is 1410 g/mol. The first kappa shape index (κ1) is 127. The zero-order valence-corrected chi connectivity index (χ0v) is 72.8. The quantitative estimate of drug-likeness (QED) is 0.0267. The van der Waals surface area contributed by atoms with E-state index in [4.69, 9.17) is 37.1 Å². The normalized spacial score (nSPS) is 5.98. The van der Waals surface area contributed by atoms with Crippen LogP contribution >= 0.6 is 0 Å². The van der Waals surface area contributed by atoms with Gasteiger partial charge < -0.3 is 7.88 Å². The molecule has 0 aliphatic carbocycles. The molecule has 28 radical (unpaired) electrons. The molecule has 33 nitrogen and oxygen atoms in total. The summed E-state index contributed by atoms with van der Waals surface area (Å²) in [6.07, 6.45) is 0. The SMILES string of the molecule is C.C.OOOOOOOOOOOO[O][Al][O]OOOOOOOOOOOO.[Al].[Al].[Al].[Al].[Al].[Al].[Ca][Ca][Ca][Ca][Ca][Ca][Ca][Ca][Ca][Ca][Ca][Ca].[O]=[Al].[O]=[Al].[O]=[Al].[O]=[Al].[O]=[Al].[O]=[Al].[O]=[Al]. The van der Waals surface area contributed by atoms with Gasteiger partial charge in [-0.2, -0.15) is 0 Å². The van der Waals surface area contributed by atoms with Gasteiger partial charge in [-0.15, -0.1) is 0 Å². The van der Waals surface area contributed by atoms with Crippen LogP contribution in [0.4, 0.5) is 0 Å². The first-order valence-corrected chi connectivity index (χ1v) is 104. The van der Waals surface area contributed by atoms with Gasteiger partial charge >= 0.3 is 349 Å². The third-order valence-electron chi connectivity index (χ3n) is 2.97. The Bertz CT molecular complexity index is 496. The van der Waals surface area contributed by atoms with Gasteiger partial charge in [0.05, 0.1) is 0 Å². The molecule has 0 unspecified atom stereocenters. The first-order chi connectivity index (χ1) is 26.3. The van der Waals surface area contributed by atoms with Gasteiger partial charge in [-0.05, 0) is 101 Å². The van der Waals surface area contributed by atoms with Crippen LogP contribution in [0.3, 0.4) is 0 Å². The zero-order chi connectivity index (χ0) is 42.7. The molecular formula is C2H10Al14Ca12O33. The van der Waals surface area contributed by atoms with Crippen LogP contribution in [0.2, 0.25) is 0 Å². The summed E-state index contributed by atoms with van der Waals surface area (Å²) in [4.78, 5) is 0. The number of rotatable bonds is 33. The summed E-state index contributed by atoms with van der Waals surface area (Å²) >= 11 is 17.1. The van der Waals surface area contributed by atoms with E-state index >= 15 is 0 Å². The Morgan fingerprint density at radius 2 is 0.443 bits per heavy atom. The van der Waals surface area contributed by atoms with E-state index in [1.165, 1.54) is 114 Å². The molecule has 0 spiro atoms. The third-order valence-corrected chi connectivity index (χ3v) is 651. The maximum atomic E-state index is 8.17. The predicted molar refractivity (Wildman–Crippen MR) is 199 cm³/mol. The van der Waals surface area contributed by atoms with Crippen LogP contribution in [-0.2, 0) is 145 Å². The van der Waals surface area contributed by atoms with Crippen molar-refractivity contribution in [2.45, 2.75) is 14.9 Å². The molecule has 0 saturated heterocycles. The van der Waals surface area contributed by atoms with Crippen molar-refractivity contribution in [3.63, 3.8) is 0 Å². The second-order valence-corrected chi connectivity index (χ2v) is 250. The molecule has 0 atom stereocenters. The monoisotopic (exact) mass is 1420 g/mol. The molecule has 0 saturated carbocycles. The summed E-state index contributed by atoms with van der Waals surface area (Å²) in [6, 6.07) is 0. The van der Waals surface area contributed by atoms with Crippen LogP contribution in [0.15, 0.2) is 0 Å². The van der Waals surface area contributed by atoms with E-state index in [2.05, 4.69) is 119 Å². The van der Waals surface area contributed by atoms with E-state index in [0.29, 0.717) is 141 Å². The van der Waals surface area contributed by atoms with Crippen LogP contribution in [0.1, 0.15) is 14.9 Å². The van der Waals surface area contributed by atoms with Crippen LogP contribution in [0, 0.1) is 0 Å². The Balaban J connectivity index is -0.0000000325. The van der Waals surface area contributed by atoms with Gasteiger partial charge in [-0.1, -0.05) is 24.9 Å². The average molecular weight is 1420 g/mol. The van der Waals surface area contributed by atoms with Gasteiger partial charge in [0.2, 0.25) is 0 Å². The van der Waals surface area contributed by atoms with Gasteiger partial charge in [-0.3, -0.25) is 0 Å². The number of hydrogen-bond acceptors (Lipinski definition) is 33. The van der Waals surface area contributed by atoms with Gasteiger partial charge in [0.15, 0.2) is 0 Å². The third kappa shape index (κ3) is 173. The van der Waals surface area contributed by atoms with E-state index in [9.17, 15) is 0 Å². The van der Waals surface area contributed by atoms with E-state index in [1.54, 1.807) is 0 Å². The predicted octanol–water partition coefficient (Wildman–Crippen LogP) is -11.1. The molecule has 2 N–H and O–H groups in total. The summed E-state index contributed by atoms with van der Waals surface area (Å²) in [5, 5.41) is 90.6. The van der Waals surface area contributed by atoms with E-state index in [-0.39, 0.29) is 119 Å². The summed E-state index contributed by atoms with van der Waals surface area (Å²) in [7, 11) is 0. The van der Waals surface area contributed by atoms with E-state index in [1.807, 2.05) is 51.9 Å². The molecule has 0 rings (SSSR count). The molecule has 0 aliphatic rings. The molecule has 0 aromatic carbocycles. The fourth-order valence-electron chi connectivity index (χ4n) is 1.70.